The van der Waals surface area contributed by atoms with Crippen LogP contribution in [0.3, 0.4) is 0 Å². The maximum Gasteiger partial charge on any atom is 0.251 e. The molecule has 0 radical (unpaired) electrons. The van der Waals surface area contributed by atoms with Crippen LogP contribution in [-0.2, 0) is 9.53 Å². The highest BCUT2D eigenvalue weighted by molar-refractivity contribution is 7.99. The van der Waals surface area contributed by atoms with Gasteiger partial charge in [0.1, 0.15) is 6.10 Å². The number of nitrogens with zero attached hydrogens (tertiary/aromatic N) is 1. The van der Waals surface area contributed by atoms with E-state index in [1.165, 1.54) is 4.90 Å². The van der Waals surface area contributed by atoms with Crippen LogP contribution in [0.15, 0.2) is 35.2 Å². The Morgan fingerprint density at radius 3 is 2.82 bits per heavy atom. The Hall–Kier alpha value is -1.04. The van der Waals surface area contributed by atoms with Crippen LogP contribution in [0.25, 0.3) is 0 Å². The molecule has 0 aromatic heterocycles. The van der Waals surface area contributed by atoms with Gasteiger partial charge in [-0.25, -0.2) is 0 Å². The van der Waals surface area contributed by atoms with Crippen molar-refractivity contribution >= 4 is 17.7 Å². The number of carbonyl (C=O) groups excluding carboxylic acids is 1. The molecule has 2 heterocycles. The van der Waals surface area contributed by atoms with Crippen molar-refractivity contribution in [2.75, 3.05) is 25.4 Å². The fraction of sp³-hybridized carbons (Fsp3) is 0.588. The van der Waals surface area contributed by atoms with Gasteiger partial charge < -0.3 is 15.4 Å². The summed E-state index contributed by atoms with van der Waals surface area (Å²) in [5.74, 6) is 1.83. The van der Waals surface area contributed by atoms with Crippen molar-refractivity contribution < 1.29 is 9.53 Å². The minimum absolute atomic E-state index is 0.0704. The monoisotopic (exact) mass is 320 g/mol. The minimum Gasteiger partial charge on any atom is -0.364 e. The normalized spacial score (nSPS) is 28.2. The zero-order valence-electron chi connectivity index (χ0n) is 12.8. The zero-order chi connectivity index (χ0) is 15.4. The highest BCUT2D eigenvalue weighted by Gasteiger charge is 2.35. The summed E-state index contributed by atoms with van der Waals surface area (Å²) < 4.78 is 5.73. The summed E-state index contributed by atoms with van der Waals surface area (Å²) in [6, 6.07) is 10.5. The molecule has 2 aliphatic rings. The molecule has 0 spiro atoms. The number of amides is 1. The number of likely N-dealkylation sites (tertiary alicyclic amines) is 1. The van der Waals surface area contributed by atoms with Crippen LogP contribution in [0, 0.1) is 5.92 Å². The van der Waals surface area contributed by atoms with E-state index >= 15 is 0 Å². The lowest BCUT2D eigenvalue weighted by Gasteiger charge is -2.21. The highest BCUT2D eigenvalue weighted by Crippen LogP contribution is 2.28. The van der Waals surface area contributed by atoms with Gasteiger partial charge in [-0.3, -0.25) is 4.79 Å². The molecule has 1 unspecified atom stereocenters. The lowest BCUT2D eigenvalue weighted by atomic mass is 10.1. The Labute approximate surface area is 136 Å². The number of ether oxygens (including phenoxy) is 1. The lowest BCUT2D eigenvalue weighted by Crippen LogP contribution is -2.38. The van der Waals surface area contributed by atoms with Gasteiger partial charge in [-0.05, 0) is 37.3 Å². The molecule has 1 aromatic carbocycles. The lowest BCUT2D eigenvalue weighted by molar-refractivity contribution is -0.141. The second-order valence-electron chi connectivity index (χ2n) is 6.12. The summed E-state index contributed by atoms with van der Waals surface area (Å²) in [4.78, 5) is 15.8. The van der Waals surface area contributed by atoms with Crippen LogP contribution < -0.4 is 5.73 Å². The van der Waals surface area contributed by atoms with E-state index in [4.69, 9.17) is 10.5 Å². The molecule has 2 fully saturated rings. The Morgan fingerprint density at radius 2 is 2.09 bits per heavy atom. The van der Waals surface area contributed by atoms with E-state index in [-0.39, 0.29) is 18.1 Å². The first-order valence-corrected chi connectivity index (χ1v) is 9.07. The third-order valence-corrected chi connectivity index (χ3v) is 5.72. The number of hydrogen-bond acceptors (Lipinski definition) is 4. The van der Waals surface area contributed by atoms with E-state index in [0.717, 1.165) is 38.1 Å². The first kappa shape index (κ1) is 15.8. The molecule has 120 valence electrons. The Morgan fingerprint density at radius 1 is 1.27 bits per heavy atom. The summed E-state index contributed by atoms with van der Waals surface area (Å²) >= 11 is 1.88. The molecule has 1 amide bonds. The molecule has 2 saturated heterocycles. The first-order valence-electron chi connectivity index (χ1n) is 8.08. The average Bonchev–Trinajstić information content (AvgIpc) is 3.22. The van der Waals surface area contributed by atoms with E-state index in [1.54, 1.807) is 0 Å². The molecule has 22 heavy (non-hydrogen) atoms. The van der Waals surface area contributed by atoms with Crippen LogP contribution in [0.4, 0.5) is 0 Å². The summed E-state index contributed by atoms with van der Waals surface area (Å²) in [6.07, 6.45) is 2.64. The molecule has 0 bridgehead atoms. The Bertz CT molecular complexity index is 497. The minimum atomic E-state index is -0.255. The van der Waals surface area contributed by atoms with Gasteiger partial charge in [0.25, 0.3) is 5.91 Å². The fourth-order valence-corrected chi connectivity index (χ4v) is 4.21. The second kappa shape index (κ2) is 7.49. The number of thioether (sulfide) groups is 1. The molecule has 2 N–H and O–H groups in total. The molecule has 4 nitrogen and oxygen atoms in total. The SMILES string of the molecule is NC[C@H]1CC[C@@H](C(=O)N2CCC(CSc3ccccc3)C2)O1. The average molecular weight is 320 g/mol. The quantitative estimate of drug-likeness (QED) is 0.845. The molecule has 5 heteroatoms. The van der Waals surface area contributed by atoms with Gasteiger partial charge in [-0.15, -0.1) is 11.8 Å². The van der Waals surface area contributed by atoms with Crippen LogP contribution in [0.1, 0.15) is 19.3 Å². The van der Waals surface area contributed by atoms with Crippen molar-refractivity contribution in [2.45, 2.75) is 36.4 Å². The summed E-state index contributed by atoms with van der Waals surface area (Å²) in [5.41, 5.74) is 5.61. The number of nitrogens with two attached hydrogens (primary N) is 1. The largest absolute Gasteiger partial charge is 0.364 e. The van der Waals surface area contributed by atoms with E-state index in [0.29, 0.717) is 12.5 Å². The van der Waals surface area contributed by atoms with Gasteiger partial charge in [0.05, 0.1) is 6.10 Å². The van der Waals surface area contributed by atoms with Gasteiger partial charge in [-0.1, -0.05) is 18.2 Å². The highest BCUT2D eigenvalue weighted by atomic mass is 32.2. The number of carbonyl (C=O) groups is 1. The molecule has 0 saturated carbocycles. The van der Waals surface area contributed by atoms with Crippen molar-refractivity contribution in [1.29, 1.82) is 0 Å². The molecular weight excluding hydrogens is 296 g/mol. The molecule has 3 atom stereocenters. The standard InChI is InChI=1S/C17H24N2O2S/c18-10-14-6-7-16(21-14)17(20)19-9-8-13(11-19)12-22-15-4-2-1-3-5-15/h1-5,13-14,16H,6-12,18H2/t13?,14-,16+/m1/s1. The second-order valence-corrected chi connectivity index (χ2v) is 7.22. The van der Waals surface area contributed by atoms with Gasteiger partial charge in [-0.2, -0.15) is 0 Å². The van der Waals surface area contributed by atoms with Crippen LogP contribution in [0.2, 0.25) is 0 Å². The third-order valence-electron chi connectivity index (χ3n) is 4.47. The number of benzene rings is 1. The Balaban J connectivity index is 1.45. The summed E-state index contributed by atoms with van der Waals surface area (Å²) in [6.45, 7) is 2.25. The zero-order valence-corrected chi connectivity index (χ0v) is 13.6. The summed E-state index contributed by atoms with van der Waals surface area (Å²) in [5, 5.41) is 0. The maximum atomic E-state index is 12.5. The van der Waals surface area contributed by atoms with Gasteiger partial charge in [0, 0.05) is 30.3 Å². The van der Waals surface area contributed by atoms with E-state index in [2.05, 4.69) is 24.3 Å². The fourth-order valence-electron chi connectivity index (χ4n) is 3.16. The molecule has 2 aliphatic heterocycles. The third kappa shape index (κ3) is 3.83. The molecule has 1 aromatic rings. The van der Waals surface area contributed by atoms with Crippen molar-refractivity contribution in [3.63, 3.8) is 0 Å². The van der Waals surface area contributed by atoms with Gasteiger partial charge in [0.15, 0.2) is 0 Å². The predicted molar refractivity (Wildman–Crippen MR) is 88.8 cm³/mol. The van der Waals surface area contributed by atoms with Crippen molar-refractivity contribution in [2.24, 2.45) is 11.7 Å². The predicted octanol–water partition coefficient (Wildman–Crippen LogP) is 2.13. The van der Waals surface area contributed by atoms with Crippen LogP contribution in [0.5, 0.6) is 0 Å². The van der Waals surface area contributed by atoms with E-state index in [1.807, 2.05) is 22.7 Å². The number of rotatable bonds is 5. The topological polar surface area (TPSA) is 55.6 Å². The summed E-state index contributed by atoms with van der Waals surface area (Å²) in [7, 11) is 0. The molecule has 0 aliphatic carbocycles. The van der Waals surface area contributed by atoms with Gasteiger partial charge >= 0.3 is 0 Å². The van der Waals surface area contributed by atoms with Crippen LogP contribution >= 0.6 is 11.8 Å². The smallest absolute Gasteiger partial charge is 0.251 e. The van der Waals surface area contributed by atoms with Gasteiger partial charge in [0.2, 0.25) is 0 Å². The molecule has 3 rings (SSSR count). The van der Waals surface area contributed by atoms with Crippen molar-refractivity contribution in [3.05, 3.63) is 30.3 Å². The van der Waals surface area contributed by atoms with Crippen molar-refractivity contribution in [1.82, 2.24) is 4.90 Å². The van der Waals surface area contributed by atoms with Crippen molar-refractivity contribution in [3.8, 4) is 0 Å². The first-order chi connectivity index (χ1) is 10.8. The Kier molecular flexibility index (Phi) is 5.39. The molecular formula is C17H24N2O2S. The van der Waals surface area contributed by atoms with E-state index < -0.39 is 0 Å². The number of hydrogen-bond donors (Lipinski definition) is 1. The van der Waals surface area contributed by atoms with E-state index in [9.17, 15) is 4.79 Å². The van der Waals surface area contributed by atoms with Crippen LogP contribution in [-0.4, -0.2) is 48.4 Å². The maximum absolute atomic E-state index is 12.5.